The lowest BCUT2D eigenvalue weighted by molar-refractivity contribution is 0.474. The van der Waals surface area contributed by atoms with Crippen molar-refractivity contribution in [1.82, 2.24) is 0 Å². The Kier molecular flexibility index (Phi) is 3.69. The van der Waals surface area contributed by atoms with Crippen LogP contribution < -0.4 is 0 Å². The summed E-state index contributed by atoms with van der Waals surface area (Å²) >= 11 is 0. The molecule has 0 saturated carbocycles. The Bertz CT molecular complexity index is 650. The summed E-state index contributed by atoms with van der Waals surface area (Å²) in [6.45, 7) is 8.42. The molecule has 1 nitrogen and oxygen atoms in total. The molecule has 2 heteroatoms. The van der Waals surface area contributed by atoms with E-state index >= 15 is 0 Å². The Morgan fingerprint density at radius 2 is 1.89 bits per heavy atom. The molecule has 0 amide bonds. The van der Waals surface area contributed by atoms with E-state index in [1.165, 1.54) is 10.9 Å². The Hall–Kier alpha value is -1.33. The molecular weight excluding hydrogens is 251 g/mol. The van der Waals surface area contributed by atoms with E-state index in [9.17, 15) is 5.11 Å². The highest BCUT2D eigenvalue weighted by Crippen LogP contribution is 2.38. The number of phenolic OH excluding ortho intramolecular Hbond substituents is 1. The number of rotatable bonds is 2. The molecule has 0 bridgehead atoms. The lowest BCUT2D eigenvalue weighted by Crippen LogP contribution is -2.15. The molecule has 2 aromatic rings. The topological polar surface area (TPSA) is 20.2 Å². The zero-order chi connectivity index (χ0) is 14.2. The first-order chi connectivity index (χ1) is 8.83. The maximum atomic E-state index is 10.4. The predicted molar refractivity (Wildman–Crippen MR) is 86.8 cm³/mol. The molecule has 1 N–H and O–H groups in total. The van der Waals surface area contributed by atoms with Gasteiger partial charge in [-0.05, 0) is 36.4 Å². The van der Waals surface area contributed by atoms with Crippen molar-refractivity contribution in [3.05, 3.63) is 52.8 Å². The van der Waals surface area contributed by atoms with Crippen LogP contribution in [0.15, 0.2) is 41.7 Å². The van der Waals surface area contributed by atoms with Crippen LogP contribution >= 0.6 is 9.24 Å². The SMILES string of the molecule is C/C(P)=C\C(C)(C)c1cc2ccccc2c(O)c1C. The molecule has 100 valence electrons. The lowest BCUT2D eigenvalue weighted by atomic mass is 9.80. The Balaban J connectivity index is 2.75. The quantitative estimate of drug-likeness (QED) is 0.770. The van der Waals surface area contributed by atoms with Gasteiger partial charge >= 0.3 is 0 Å². The van der Waals surface area contributed by atoms with Crippen molar-refractivity contribution in [2.45, 2.75) is 33.1 Å². The van der Waals surface area contributed by atoms with E-state index in [2.05, 4.69) is 42.2 Å². The van der Waals surface area contributed by atoms with Gasteiger partial charge in [-0.1, -0.05) is 49.5 Å². The molecule has 0 aliphatic carbocycles. The van der Waals surface area contributed by atoms with Crippen LogP contribution in [0.3, 0.4) is 0 Å². The first-order valence-corrected chi connectivity index (χ1v) is 7.07. The molecule has 2 aromatic carbocycles. The Morgan fingerprint density at radius 1 is 1.26 bits per heavy atom. The predicted octanol–water partition coefficient (Wildman–Crippen LogP) is 4.91. The highest BCUT2D eigenvalue weighted by atomic mass is 31.0. The normalized spacial score (nSPS) is 13.0. The van der Waals surface area contributed by atoms with Crippen LogP contribution in [0.25, 0.3) is 10.8 Å². The van der Waals surface area contributed by atoms with Gasteiger partial charge in [0.05, 0.1) is 0 Å². The van der Waals surface area contributed by atoms with Crippen molar-refractivity contribution in [3.63, 3.8) is 0 Å². The van der Waals surface area contributed by atoms with Gasteiger partial charge < -0.3 is 5.11 Å². The summed E-state index contributed by atoms with van der Waals surface area (Å²) in [6, 6.07) is 10.2. The van der Waals surface area contributed by atoms with E-state index < -0.39 is 0 Å². The standard InChI is InChI=1S/C17H21OP/c1-11(19)10-17(3,4)15-9-13-7-5-6-8-14(13)16(18)12(15)2/h5-10,18H,19H2,1-4H3/b11-10+. The van der Waals surface area contributed by atoms with Gasteiger partial charge in [-0.2, -0.15) is 0 Å². The van der Waals surface area contributed by atoms with E-state index in [0.29, 0.717) is 5.75 Å². The summed E-state index contributed by atoms with van der Waals surface area (Å²) in [4.78, 5) is 0. The van der Waals surface area contributed by atoms with Crippen LogP contribution in [0.1, 0.15) is 31.9 Å². The summed E-state index contributed by atoms with van der Waals surface area (Å²) in [5, 5.41) is 13.6. The molecule has 0 saturated heterocycles. The molecule has 19 heavy (non-hydrogen) atoms. The van der Waals surface area contributed by atoms with Crippen molar-refractivity contribution < 1.29 is 5.11 Å². The van der Waals surface area contributed by atoms with Gasteiger partial charge in [0.2, 0.25) is 0 Å². The van der Waals surface area contributed by atoms with Gasteiger partial charge in [-0.3, -0.25) is 0 Å². The first-order valence-electron chi connectivity index (χ1n) is 6.49. The molecule has 0 aliphatic heterocycles. The van der Waals surface area contributed by atoms with E-state index in [-0.39, 0.29) is 5.41 Å². The van der Waals surface area contributed by atoms with Crippen molar-refractivity contribution in [3.8, 4) is 5.75 Å². The molecule has 0 aromatic heterocycles. The number of allylic oxidation sites excluding steroid dienone is 2. The zero-order valence-electron chi connectivity index (χ0n) is 12.0. The summed E-state index contributed by atoms with van der Waals surface area (Å²) in [6.07, 6.45) is 2.22. The highest BCUT2D eigenvalue weighted by Gasteiger charge is 2.22. The van der Waals surface area contributed by atoms with Gasteiger partial charge in [0.1, 0.15) is 5.75 Å². The fourth-order valence-electron chi connectivity index (χ4n) is 2.75. The molecule has 2 rings (SSSR count). The smallest absolute Gasteiger partial charge is 0.126 e. The summed E-state index contributed by atoms with van der Waals surface area (Å²) in [5.74, 6) is 0.399. The first kappa shape index (κ1) is 14.1. The van der Waals surface area contributed by atoms with Crippen LogP contribution in [0.2, 0.25) is 0 Å². The van der Waals surface area contributed by atoms with Crippen molar-refractivity contribution >= 4 is 20.0 Å². The number of fused-ring (bicyclic) bond motifs is 1. The van der Waals surface area contributed by atoms with Crippen molar-refractivity contribution in [2.24, 2.45) is 0 Å². The second-order valence-corrected chi connectivity index (χ2v) is 6.64. The average Bonchev–Trinajstić information content (AvgIpc) is 2.32. The summed E-state index contributed by atoms with van der Waals surface area (Å²) in [7, 11) is 2.73. The van der Waals surface area contributed by atoms with Crippen molar-refractivity contribution in [1.29, 1.82) is 0 Å². The van der Waals surface area contributed by atoms with Gasteiger partial charge in [-0.25, -0.2) is 0 Å². The zero-order valence-corrected chi connectivity index (χ0v) is 13.1. The van der Waals surface area contributed by atoms with Crippen LogP contribution in [0.4, 0.5) is 0 Å². The third kappa shape index (κ3) is 2.67. The molecule has 0 heterocycles. The number of phenols is 1. The molecule has 0 radical (unpaired) electrons. The summed E-state index contributed by atoms with van der Waals surface area (Å²) < 4.78 is 0. The molecule has 1 atom stereocenters. The van der Waals surface area contributed by atoms with E-state index in [4.69, 9.17) is 0 Å². The van der Waals surface area contributed by atoms with E-state index in [1.54, 1.807) is 0 Å². The molecular formula is C17H21OP. The van der Waals surface area contributed by atoms with Gasteiger partial charge in [0.15, 0.2) is 0 Å². The fraction of sp³-hybridized carbons (Fsp3) is 0.294. The van der Waals surface area contributed by atoms with Gasteiger partial charge in [0.25, 0.3) is 0 Å². The van der Waals surface area contributed by atoms with Gasteiger partial charge in [-0.15, -0.1) is 9.24 Å². The maximum Gasteiger partial charge on any atom is 0.126 e. The number of hydrogen-bond donors (Lipinski definition) is 1. The minimum absolute atomic E-state index is 0.0998. The molecule has 0 spiro atoms. The Labute approximate surface area is 117 Å². The number of hydrogen-bond acceptors (Lipinski definition) is 1. The second kappa shape index (κ2) is 4.98. The maximum absolute atomic E-state index is 10.4. The van der Waals surface area contributed by atoms with Gasteiger partial charge in [0, 0.05) is 10.8 Å². The third-order valence-electron chi connectivity index (χ3n) is 3.56. The minimum atomic E-state index is -0.0998. The van der Waals surface area contributed by atoms with Crippen molar-refractivity contribution in [2.75, 3.05) is 0 Å². The van der Waals surface area contributed by atoms with E-state index in [1.807, 2.05) is 31.2 Å². The highest BCUT2D eigenvalue weighted by molar-refractivity contribution is 7.22. The lowest BCUT2D eigenvalue weighted by Gasteiger charge is -2.25. The van der Waals surface area contributed by atoms with Crippen LogP contribution in [-0.4, -0.2) is 5.11 Å². The molecule has 0 fully saturated rings. The molecule has 0 aliphatic rings. The average molecular weight is 272 g/mol. The largest absolute Gasteiger partial charge is 0.507 e. The Morgan fingerprint density at radius 3 is 2.53 bits per heavy atom. The van der Waals surface area contributed by atoms with Crippen LogP contribution in [-0.2, 0) is 5.41 Å². The van der Waals surface area contributed by atoms with E-state index in [0.717, 1.165) is 16.3 Å². The second-order valence-electron chi connectivity index (χ2n) is 5.73. The summed E-state index contributed by atoms with van der Waals surface area (Å²) in [5.41, 5.74) is 2.04. The molecule has 1 unspecified atom stereocenters. The third-order valence-corrected chi connectivity index (χ3v) is 3.72. The number of benzene rings is 2. The monoisotopic (exact) mass is 272 g/mol. The number of aromatic hydroxyl groups is 1. The van der Waals surface area contributed by atoms with Crippen LogP contribution in [0, 0.1) is 6.92 Å². The van der Waals surface area contributed by atoms with Crippen LogP contribution in [0.5, 0.6) is 5.75 Å². The minimum Gasteiger partial charge on any atom is -0.507 e. The fourth-order valence-corrected chi connectivity index (χ4v) is 3.16.